The van der Waals surface area contributed by atoms with Crippen molar-refractivity contribution in [2.45, 2.75) is 26.8 Å². The molecule has 23 heavy (non-hydrogen) atoms. The number of nitrogens with zero attached hydrogens (tertiary/aromatic N) is 3. The molecule has 0 spiro atoms. The maximum absolute atomic E-state index is 12.1. The molecule has 2 rings (SSSR count). The lowest BCUT2D eigenvalue weighted by molar-refractivity contribution is -0.741. The Morgan fingerprint density at radius 2 is 1.91 bits per heavy atom. The van der Waals surface area contributed by atoms with E-state index >= 15 is 0 Å². The highest BCUT2D eigenvalue weighted by atomic mass is 79.9. The number of nitro benzene ring substituents is 1. The maximum Gasteiger partial charge on any atom is 0.269 e. The van der Waals surface area contributed by atoms with Crippen LogP contribution in [0.25, 0.3) is 0 Å². The number of Topliss-reactive ketones (excluding diaryl/α,β-unsaturated/α-hetero) is 1. The molecule has 0 aliphatic carbocycles. The number of nitro groups is 1. The van der Waals surface area contributed by atoms with E-state index in [0.29, 0.717) is 11.5 Å². The van der Waals surface area contributed by atoms with Gasteiger partial charge in [0.15, 0.2) is 6.20 Å². The second kappa shape index (κ2) is 8.47. The lowest BCUT2D eigenvalue weighted by atomic mass is 10.1. The van der Waals surface area contributed by atoms with Crippen LogP contribution in [0, 0.1) is 16.0 Å². The molecular formula is C16H18BrN3O3. The van der Waals surface area contributed by atoms with Gasteiger partial charge in [0.25, 0.3) is 5.69 Å². The molecule has 0 fully saturated rings. The molecule has 0 saturated heterocycles. The molecule has 1 aromatic heterocycles. The third-order valence-electron chi connectivity index (χ3n) is 3.18. The van der Waals surface area contributed by atoms with Crippen molar-refractivity contribution in [3.05, 3.63) is 64.0 Å². The number of carbonyl (C=O) groups is 1. The van der Waals surface area contributed by atoms with Crippen LogP contribution in [-0.2, 0) is 13.0 Å². The maximum atomic E-state index is 12.1. The van der Waals surface area contributed by atoms with Gasteiger partial charge in [0.05, 0.1) is 11.1 Å². The molecule has 2 aromatic rings. The first-order chi connectivity index (χ1) is 10.5. The van der Waals surface area contributed by atoms with Gasteiger partial charge in [-0.1, -0.05) is 18.5 Å². The summed E-state index contributed by atoms with van der Waals surface area (Å²) in [6.07, 6.45) is 4.49. The largest absolute Gasteiger partial charge is 1.00 e. The van der Waals surface area contributed by atoms with E-state index in [1.807, 2.05) is 6.07 Å². The Balaban J connectivity index is 0.00000264. The van der Waals surface area contributed by atoms with Crippen LogP contribution >= 0.6 is 0 Å². The van der Waals surface area contributed by atoms with Crippen LogP contribution in [0.15, 0.2) is 42.7 Å². The van der Waals surface area contributed by atoms with Crippen molar-refractivity contribution < 1.29 is 31.4 Å². The monoisotopic (exact) mass is 379 g/mol. The van der Waals surface area contributed by atoms with Crippen molar-refractivity contribution in [2.75, 3.05) is 0 Å². The first-order valence-electron chi connectivity index (χ1n) is 7.08. The first-order valence-corrected chi connectivity index (χ1v) is 7.08. The third kappa shape index (κ3) is 5.52. The number of benzene rings is 1. The van der Waals surface area contributed by atoms with E-state index in [2.05, 4.69) is 18.9 Å². The predicted molar refractivity (Wildman–Crippen MR) is 80.4 cm³/mol. The smallest absolute Gasteiger partial charge is 0.269 e. The summed E-state index contributed by atoms with van der Waals surface area (Å²) in [7, 11) is 0. The zero-order chi connectivity index (χ0) is 16.1. The van der Waals surface area contributed by atoms with Crippen molar-refractivity contribution in [1.29, 1.82) is 0 Å². The number of ketones is 1. The normalized spacial score (nSPS) is 10.2. The molecule has 0 N–H and O–H groups in total. The van der Waals surface area contributed by atoms with Crippen molar-refractivity contribution in [3.8, 4) is 0 Å². The molecule has 7 heteroatoms. The Labute approximate surface area is 145 Å². The highest BCUT2D eigenvalue weighted by Crippen LogP contribution is 2.12. The molecule has 6 nitrogen and oxygen atoms in total. The molecule has 122 valence electrons. The minimum Gasteiger partial charge on any atom is -1.00 e. The van der Waals surface area contributed by atoms with Gasteiger partial charge in [0.2, 0.25) is 12.3 Å². The standard InChI is InChI=1S/C16H18N3O3.BrH/c1-12(2)9-13-7-8-18(17-10-13)11-16(20)14-3-5-15(6-4-14)19(21)22;/h3-8,10,12H,9,11H2,1-2H3;1H/q+1;/p-1. The third-order valence-corrected chi connectivity index (χ3v) is 3.18. The van der Waals surface area contributed by atoms with Crippen LogP contribution in [-0.4, -0.2) is 15.8 Å². The molecule has 1 heterocycles. The van der Waals surface area contributed by atoms with Gasteiger partial charge in [-0.05, 0) is 35.1 Å². The summed E-state index contributed by atoms with van der Waals surface area (Å²) in [5.74, 6) is 0.420. The number of non-ortho nitro benzene ring substituents is 1. The number of halogens is 1. The van der Waals surface area contributed by atoms with E-state index < -0.39 is 4.92 Å². The van der Waals surface area contributed by atoms with E-state index in [1.165, 1.54) is 24.3 Å². The minimum absolute atomic E-state index is 0. The number of rotatable bonds is 6. The van der Waals surface area contributed by atoms with Gasteiger partial charge in [-0.2, -0.15) is 0 Å². The SMILES string of the molecule is CC(C)Cc1cc[n+](CC(=O)c2ccc([N+](=O)[O-])cc2)nc1.[Br-]. The highest BCUT2D eigenvalue weighted by molar-refractivity contribution is 5.95. The fraction of sp³-hybridized carbons (Fsp3) is 0.312. The van der Waals surface area contributed by atoms with Crippen LogP contribution in [0.1, 0.15) is 29.8 Å². The fourth-order valence-corrected chi connectivity index (χ4v) is 2.10. The molecular weight excluding hydrogens is 362 g/mol. The van der Waals surface area contributed by atoms with Gasteiger partial charge >= 0.3 is 0 Å². The number of hydrogen-bond acceptors (Lipinski definition) is 4. The molecule has 0 radical (unpaired) electrons. The molecule has 0 unspecified atom stereocenters. The molecule has 0 aliphatic heterocycles. The molecule has 0 amide bonds. The van der Waals surface area contributed by atoms with Gasteiger partial charge in [-0.15, -0.1) is 0 Å². The average molecular weight is 380 g/mol. The minimum atomic E-state index is -0.488. The Bertz CT molecular complexity index is 670. The zero-order valence-corrected chi connectivity index (χ0v) is 14.6. The van der Waals surface area contributed by atoms with Crippen LogP contribution in [0.3, 0.4) is 0 Å². The Morgan fingerprint density at radius 1 is 1.26 bits per heavy atom. The Hall–Kier alpha value is -2.15. The van der Waals surface area contributed by atoms with E-state index in [4.69, 9.17) is 0 Å². The zero-order valence-electron chi connectivity index (χ0n) is 13.0. The molecule has 0 atom stereocenters. The summed E-state index contributed by atoms with van der Waals surface area (Å²) in [6.45, 7) is 4.39. The van der Waals surface area contributed by atoms with Crippen LogP contribution < -0.4 is 21.7 Å². The van der Waals surface area contributed by atoms with Crippen molar-refractivity contribution in [2.24, 2.45) is 5.92 Å². The van der Waals surface area contributed by atoms with Crippen LogP contribution in [0.4, 0.5) is 5.69 Å². The summed E-state index contributed by atoms with van der Waals surface area (Å²) in [5.41, 5.74) is 1.54. The highest BCUT2D eigenvalue weighted by Gasteiger charge is 2.15. The lowest BCUT2D eigenvalue weighted by Crippen LogP contribution is -3.00. The summed E-state index contributed by atoms with van der Waals surface area (Å²) in [4.78, 5) is 22.2. The number of carbonyl (C=O) groups excluding carboxylic acids is 1. The number of aromatic nitrogens is 2. The second-order valence-corrected chi connectivity index (χ2v) is 5.56. The Morgan fingerprint density at radius 3 is 2.39 bits per heavy atom. The molecule has 1 aromatic carbocycles. The van der Waals surface area contributed by atoms with E-state index in [-0.39, 0.29) is 35.0 Å². The van der Waals surface area contributed by atoms with Crippen LogP contribution in [0.5, 0.6) is 0 Å². The average Bonchev–Trinajstić information content (AvgIpc) is 2.49. The molecule has 0 saturated carbocycles. The van der Waals surface area contributed by atoms with Gasteiger partial charge in [-0.25, -0.2) is 0 Å². The number of hydrogen-bond donors (Lipinski definition) is 0. The van der Waals surface area contributed by atoms with Gasteiger partial charge in [0.1, 0.15) is 0 Å². The van der Waals surface area contributed by atoms with Crippen LogP contribution in [0.2, 0.25) is 0 Å². The van der Waals surface area contributed by atoms with Gasteiger partial charge < -0.3 is 17.0 Å². The summed E-state index contributed by atoms with van der Waals surface area (Å²) >= 11 is 0. The predicted octanol–water partition coefficient (Wildman–Crippen LogP) is -0.637. The van der Waals surface area contributed by atoms with Gasteiger partial charge in [-0.3, -0.25) is 14.9 Å². The fourth-order valence-electron chi connectivity index (χ4n) is 2.10. The summed E-state index contributed by atoms with van der Waals surface area (Å²) in [5, 5.41) is 14.8. The molecule has 0 bridgehead atoms. The second-order valence-electron chi connectivity index (χ2n) is 5.56. The lowest BCUT2D eigenvalue weighted by Gasteiger charge is -2.02. The van der Waals surface area contributed by atoms with Gasteiger partial charge in [0, 0.05) is 23.8 Å². The topological polar surface area (TPSA) is 77.0 Å². The first kappa shape index (κ1) is 18.9. The quantitative estimate of drug-likeness (QED) is 0.289. The van der Waals surface area contributed by atoms with E-state index in [9.17, 15) is 14.9 Å². The van der Waals surface area contributed by atoms with E-state index in [1.54, 1.807) is 17.1 Å². The summed E-state index contributed by atoms with van der Waals surface area (Å²) < 4.78 is 1.56. The van der Waals surface area contributed by atoms with E-state index in [0.717, 1.165) is 12.0 Å². The summed E-state index contributed by atoms with van der Waals surface area (Å²) in [6, 6.07) is 7.55. The van der Waals surface area contributed by atoms with Crippen molar-refractivity contribution in [3.63, 3.8) is 0 Å². The molecule has 0 aliphatic rings. The van der Waals surface area contributed by atoms with Crippen molar-refractivity contribution >= 4 is 11.5 Å². The van der Waals surface area contributed by atoms with Crippen molar-refractivity contribution in [1.82, 2.24) is 5.10 Å². The Kier molecular flexibility index (Phi) is 6.96.